The highest BCUT2D eigenvalue weighted by Gasteiger charge is 2.07. The van der Waals surface area contributed by atoms with Gasteiger partial charge in [-0.3, -0.25) is 0 Å². The molecule has 62 valence electrons. The first kappa shape index (κ1) is 8.72. The summed E-state index contributed by atoms with van der Waals surface area (Å²) in [4.78, 5) is 1.36. The molecule has 0 saturated carbocycles. The maximum atomic E-state index is 5.80. The minimum Gasteiger partial charge on any atom is -0.398 e. The van der Waals surface area contributed by atoms with Crippen molar-refractivity contribution in [2.24, 2.45) is 5.73 Å². The second-order valence-electron chi connectivity index (χ2n) is 2.99. The lowest BCUT2D eigenvalue weighted by Crippen LogP contribution is -2.03. The van der Waals surface area contributed by atoms with Crippen LogP contribution in [0.25, 0.3) is 0 Å². The first-order valence-electron chi connectivity index (χ1n) is 4.02. The van der Waals surface area contributed by atoms with Gasteiger partial charge in [-0.2, -0.15) is 0 Å². The van der Waals surface area contributed by atoms with E-state index in [1.807, 2.05) is 17.8 Å². The van der Waals surface area contributed by atoms with Crippen LogP contribution in [0.2, 0.25) is 0 Å². The summed E-state index contributed by atoms with van der Waals surface area (Å²) < 4.78 is 0. The van der Waals surface area contributed by atoms with Crippen LogP contribution in [0.4, 0.5) is 0 Å². The Morgan fingerprint density at radius 3 is 2.82 bits per heavy atom. The summed E-state index contributed by atoms with van der Waals surface area (Å²) in [6.45, 7) is 4.40. The van der Waals surface area contributed by atoms with E-state index < -0.39 is 0 Å². The monoisotopic (exact) mass is 169 g/mol. The molecule has 1 aliphatic rings. The zero-order chi connectivity index (χ0) is 8.27. The fourth-order valence-corrected chi connectivity index (χ4v) is 2.08. The first-order chi connectivity index (χ1) is 5.20. The van der Waals surface area contributed by atoms with Crippen LogP contribution in [0.1, 0.15) is 26.7 Å². The second kappa shape index (κ2) is 3.86. The molecule has 0 aliphatic heterocycles. The Kier molecular flexibility index (Phi) is 3.06. The van der Waals surface area contributed by atoms with Gasteiger partial charge in [-0.05, 0) is 18.9 Å². The standard InChI is InChI=1S/C9H15NS/c1-7(2)11-9-6-4-3-5-8(9)10/h3,5,7H,4,6,10H2,1-2H3. The molecular weight excluding hydrogens is 154 g/mol. The third kappa shape index (κ3) is 2.62. The Bertz CT molecular complexity index is 192. The summed E-state index contributed by atoms with van der Waals surface area (Å²) >= 11 is 1.89. The molecule has 0 aromatic heterocycles. The zero-order valence-electron chi connectivity index (χ0n) is 7.13. The lowest BCUT2D eigenvalue weighted by Gasteiger charge is -2.13. The minimum absolute atomic E-state index is 0.648. The van der Waals surface area contributed by atoms with Crippen LogP contribution in [0.15, 0.2) is 22.8 Å². The third-order valence-corrected chi connectivity index (χ3v) is 2.73. The quantitative estimate of drug-likeness (QED) is 0.687. The van der Waals surface area contributed by atoms with Gasteiger partial charge in [0.1, 0.15) is 0 Å². The molecule has 0 aromatic rings. The van der Waals surface area contributed by atoms with Gasteiger partial charge in [-0.15, -0.1) is 11.8 Å². The molecule has 0 fully saturated rings. The molecule has 2 heteroatoms. The fourth-order valence-electron chi connectivity index (χ4n) is 1.07. The Balaban J connectivity index is 2.60. The summed E-state index contributed by atoms with van der Waals surface area (Å²) in [7, 11) is 0. The van der Waals surface area contributed by atoms with Gasteiger partial charge in [0.2, 0.25) is 0 Å². The molecule has 1 aliphatic carbocycles. The molecular formula is C9H15NS. The van der Waals surface area contributed by atoms with E-state index in [1.54, 1.807) is 0 Å². The average molecular weight is 169 g/mol. The number of hydrogen-bond acceptors (Lipinski definition) is 2. The largest absolute Gasteiger partial charge is 0.398 e. The normalized spacial score (nSPS) is 18.1. The first-order valence-corrected chi connectivity index (χ1v) is 4.90. The van der Waals surface area contributed by atoms with Crippen LogP contribution in [0, 0.1) is 0 Å². The lowest BCUT2D eigenvalue weighted by molar-refractivity contribution is 0.987. The molecule has 0 unspecified atom stereocenters. The third-order valence-electron chi connectivity index (χ3n) is 1.54. The number of thioether (sulfide) groups is 1. The Labute approximate surface area is 72.7 Å². The Morgan fingerprint density at radius 2 is 2.27 bits per heavy atom. The van der Waals surface area contributed by atoms with E-state index in [-0.39, 0.29) is 0 Å². The molecule has 2 N–H and O–H groups in total. The predicted molar refractivity (Wildman–Crippen MR) is 52.3 cm³/mol. The molecule has 0 heterocycles. The van der Waals surface area contributed by atoms with Crippen molar-refractivity contribution >= 4 is 11.8 Å². The number of allylic oxidation sites excluding steroid dienone is 3. The van der Waals surface area contributed by atoms with Crippen LogP contribution < -0.4 is 5.73 Å². The van der Waals surface area contributed by atoms with Crippen molar-refractivity contribution in [2.45, 2.75) is 31.9 Å². The van der Waals surface area contributed by atoms with Crippen molar-refractivity contribution in [2.75, 3.05) is 0 Å². The van der Waals surface area contributed by atoms with Gasteiger partial charge in [0.25, 0.3) is 0 Å². The highest BCUT2D eigenvalue weighted by atomic mass is 32.2. The SMILES string of the molecule is CC(C)SC1=C(N)C=CCC1. The fraction of sp³-hybridized carbons (Fsp3) is 0.556. The molecule has 1 rings (SSSR count). The van der Waals surface area contributed by atoms with Crippen LogP contribution in [-0.4, -0.2) is 5.25 Å². The van der Waals surface area contributed by atoms with Gasteiger partial charge in [-0.1, -0.05) is 19.9 Å². The minimum atomic E-state index is 0.648. The van der Waals surface area contributed by atoms with Crippen molar-refractivity contribution in [3.05, 3.63) is 22.8 Å². The summed E-state index contributed by atoms with van der Waals surface area (Å²) in [5, 5.41) is 0.648. The predicted octanol–water partition coefficient (Wildman–Crippen LogP) is 2.65. The van der Waals surface area contributed by atoms with E-state index in [0.29, 0.717) is 5.25 Å². The van der Waals surface area contributed by atoms with Crippen LogP contribution in [0.3, 0.4) is 0 Å². The van der Waals surface area contributed by atoms with E-state index in [9.17, 15) is 0 Å². The van der Waals surface area contributed by atoms with E-state index in [1.165, 1.54) is 4.91 Å². The van der Waals surface area contributed by atoms with Crippen molar-refractivity contribution in [1.29, 1.82) is 0 Å². The maximum absolute atomic E-state index is 5.80. The Morgan fingerprint density at radius 1 is 1.55 bits per heavy atom. The molecule has 11 heavy (non-hydrogen) atoms. The van der Waals surface area contributed by atoms with Gasteiger partial charge in [0.05, 0.1) is 0 Å². The maximum Gasteiger partial charge on any atom is 0.0407 e. The van der Waals surface area contributed by atoms with Crippen LogP contribution >= 0.6 is 11.8 Å². The van der Waals surface area contributed by atoms with Crippen molar-refractivity contribution in [3.63, 3.8) is 0 Å². The highest BCUT2D eigenvalue weighted by molar-refractivity contribution is 8.03. The molecule has 0 radical (unpaired) electrons. The van der Waals surface area contributed by atoms with E-state index in [4.69, 9.17) is 5.73 Å². The zero-order valence-corrected chi connectivity index (χ0v) is 7.95. The molecule has 1 nitrogen and oxygen atoms in total. The van der Waals surface area contributed by atoms with Gasteiger partial charge in [0, 0.05) is 15.9 Å². The molecule has 0 bridgehead atoms. The number of nitrogens with two attached hydrogens (primary N) is 1. The molecule has 0 amide bonds. The summed E-state index contributed by atoms with van der Waals surface area (Å²) in [6.07, 6.45) is 6.44. The lowest BCUT2D eigenvalue weighted by atomic mass is 10.1. The second-order valence-corrected chi connectivity index (χ2v) is 4.66. The number of rotatable bonds is 2. The highest BCUT2D eigenvalue weighted by Crippen LogP contribution is 2.29. The van der Waals surface area contributed by atoms with Crippen LogP contribution in [-0.2, 0) is 0 Å². The summed E-state index contributed by atoms with van der Waals surface area (Å²) in [5.74, 6) is 0. The van der Waals surface area contributed by atoms with Gasteiger partial charge in [0.15, 0.2) is 0 Å². The summed E-state index contributed by atoms with van der Waals surface area (Å²) in [6, 6.07) is 0. The van der Waals surface area contributed by atoms with E-state index in [2.05, 4.69) is 19.9 Å². The molecule has 0 spiro atoms. The topological polar surface area (TPSA) is 26.0 Å². The van der Waals surface area contributed by atoms with Crippen molar-refractivity contribution in [3.8, 4) is 0 Å². The van der Waals surface area contributed by atoms with Crippen molar-refractivity contribution < 1.29 is 0 Å². The van der Waals surface area contributed by atoms with E-state index in [0.717, 1.165) is 18.5 Å². The van der Waals surface area contributed by atoms with Crippen molar-refractivity contribution in [1.82, 2.24) is 0 Å². The van der Waals surface area contributed by atoms with Gasteiger partial charge < -0.3 is 5.73 Å². The summed E-state index contributed by atoms with van der Waals surface area (Å²) in [5.41, 5.74) is 6.77. The molecule has 0 saturated heterocycles. The Hall–Kier alpha value is -0.370. The van der Waals surface area contributed by atoms with Gasteiger partial charge in [-0.25, -0.2) is 0 Å². The molecule has 0 aromatic carbocycles. The smallest absolute Gasteiger partial charge is 0.0407 e. The van der Waals surface area contributed by atoms with Gasteiger partial charge >= 0.3 is 0 Å². The van der Waals surface area contributed by atoms with E-state index >= 15 is 0 Å². The average Bonchev–Trinajstić information content (AvgIpc) is 1.93. The van der Waals surface area contributed by atoms with Crippen LogP contribution in [0.5, 0.6) is 0 Å². The molecule has 0 atom stereocenters. The number of hydrogen-bond donors (Lipinski definition) is 1.